The number of para-hydroxylation sites is 2. The largest absolute Gasteiger partial charge is 0.457 e. The van der Waals surface area contributed by atoms with Crippen LogP contribution in [-0.2, 0) is 15.0 Å². The number of hydrogen-bond acceptors (Lipinski definition) is 5. The van der Waals surface area contributed by atoms with Crippen LogP contribution in [0.4, 0.5) is 0 Å². The monoisotopic (exact) mass is 329 g/mol. The zero-order valence-electron chi connectivity index (χ0n) is 12.9. The van der Waals surface area contributed by atoms with Gasteiger partial charge in [-0.3, -0.25) is 14.9 Å². The number of benzene rings is 2. The molecule has 2 unspecified atom stereocenters. The van der Waals surface area contributed by atoms with E-state index in [4.69, 9.17) is 4.74 Å². The summed E-state index contributed by atoms with van der Waals surface area (Å²) in [6, 6.07) is 17.8. The van der Waals surface area contributed by atoms with Crippen molar-refractivity contribution in [3.05, 3.63) is 59.7 Å². The molecular weight excluding hydrogens is 318 g/mol. The third-order valence-corrected chi connectivity index (χ3v) is 4.83. The summed E-state index contributed by atoms with van der Waals surface area (Å²) in [7, 11) is 0. The van der Waals surface area contributed by atoms with Crippen molar-refractivity contribution in [3.63, 3.8) is 0 Å². The summed E-state index contributed by atoms with van der Waals surface area (Å²) in [5.74, 6) is -3.01. The predicted octanol–water partition coefficient (Wildman–Crippen LogP) is 2.01. The van der Waals surface area contributed by atoms with E-state index in [1.165, 1.54) is 0 Å². The molecule has 120 valence electrons. The molecule has 0 aromatic heterocycles. The average Bonchev–Trinajstić information content (AvgIpc) is 2.62. The van der Waals surface area contributed by atoms with Crippen molar-refractivity contribution < 1.29 is 14.3 Å². The van der Waals surface area contributed by atoms with Gasteiger partial charge in [-0.25, -0.2) is 0 Å². The van der Waals surface area contributed by atoms with E-state index >= 15 is 0 Å². The number of carbonyl (C=O) groups is 2. The molecule has 0 aliphatic carbocycles. The van der Waals surface area contributed by atoms with Gasteiger partial charge >= 0.3 is 0 Å². The lowest BCUT2D eigenvalue weighted by Crippen LogP contribution is -2.61. The van der Waals surface area contributed by atoms with Gasteiger partial charge in [-0.1, -0.05) is 36.4 Å². The predicted molar refractivity (Wildman–Crippen MR) is 85.1 cm³/mol. The van der Waals surface area contributed by atoms with Crippen molar-refractivity contribution in [1.29, 1.82) is 10.5 Å². The molecule has 6 heteroatoms. The Balaban J connectivity index is 2.17. The van der Waals surface area contributed by atoms with Crippen LogP contribution in [-0.4, -0.2) is 11.8 Å². The van der Waals surface area contributed by atoms with Gasteiger partial charge in [0.15, 0.2) is 0 Å². The zero-order chi connectivity index (χ0) is 17.6. The Bertz CT molecular complexity index is 920. The van der Waals surface area contributed by atoms with Crippen LogP contribution in [0.5, 0.6) is 11.5 Å². The fourth-order valence-corrected chi connectivity index (χ4v) is 3.85. The summed E-state index contributed by atoms with van der Waals surface area (Å²) < 4.78 is 5.90. The third-order valence-electron chi connectivity index (χ3n) is 4.83. The number of nitriles is 2. The van der Waals surface area contributed by atoms with Gasteiger partial charge in [-0.15, -0.1) is 0 Å². The van der Waals surface area contributed by atoms with E-state index < -0.39 is 29.1 Å². The number of piperidine rings is 1. The summed E-state index contributed by atoms with van der Waals surface area (Å²) >= 11 is 0. The number of fused-ring (bicyclic) bond motifs is 4. The lowest BCUT2D eigenvalue weighted by molar-refractivity contribution is -0.140. The highest BCUT2D eigenvalue weighted by molar-refractivity contribution is 6.05. The Kier molecular flexibility index (Phi) is 3.10. The van der Waals surface area contributed by atoms with Crippen LogP contribution in [0.25, 0.3) is 0 Å². The molecule has 2 aliphatic rings. The van der Waals surface area contributed by atoms with E-state index in [1.807, 2.05) is 12.1 Å². The molecule has 2 aromatic carbocycles. The van der Waals surface area contributed by atoms with Gasteiger partial charge in [0, 0.05) is 11.1 Å². The Morgan fingerprint density at radius 2 is 1.28 bits per heavy atom. The van der Waals surface area contributed by atoms with Crippen molar-refractivity contribution in [2.75, 3.05) is 0 Å². The summed E-state index contributed by atoms with van der Waals surface area (Å²) in [6.07, 6.45) is 0. The van der Waals surface area contributed by atoms with Crippen LogP contribution in [0.15, 0.2) is 48.5 Å². The van der Waals surface area contributed by atoms with Gasteiger partial charge in [-0.2, -0.15) is 10.5 Å². The van der Waals surface area contributed by atoms with E-state index in [2.05, 4.69) is 5.32 Å². The molecule has 2 heterocycles. The Labute approximate surface area is 143 Å². The first-order valence-electron chi connectivity index (χ1n) is 7.65. The maximum Gasteiger partial charge on any atom is 0.245 e. The van der Waals surface area contributed by atoms with Crippen LogP contribution in [0.2, 0.25) is 0 Å². The van der Waals surface area contributed by atoms with Crippen LogP contribution in [0, 0.1) is 34.5 Å². The second-order valence-electron chi connectivity index (χ2n) is 5.94. The molecule has 1 spiro atoms. The molecule has 4 rings (SSSR count). The summed E-state index contributed by atoms with van der Waals surface area (Å²) in [5, 5.41) is 21.7. The number of hydrogen-bond donors (Lipinski definition) is 1. The maximum atomic E-state index is 12.5. The van der Waals surface area contributed by atoms with E-state index in [0.717, 1.165) is 0 Å². The SMILES string of the molecule is N#CC1C(=O)NC(=O)C(C#N)C12c1ccccc1Oc1ccccc12. The Morgan fingerprint density at radius 1 is 0.840 bits per heavy atom. The summed E-state index contributed by atoms with van der Waals surface area (Å²) in [6.45, 7) is 0. The van der Waals surface area contributed by atoms with Crippen LogP contribution in [0.1, 0.15) is 11.1 Å². The number of nitrogens with zero attached hydrogens (tertiary/aromatic N) is 2. The fraction of sp³-hybridized carbons (Fsp3) is 0.158. The van der Waals surface area contributed by atoms with Gasteiger partial charge in [0.25, 0.3) is 0 Å². The van der Waals surface area contributed by atoms with Gasteiger partial charge in [-0.05, 0) is 12.1 Å². The maximum absolute atomic E-state index is 12.5. The first-order valence-corrected chi connectivity index (χ1v) is 7.65. The first kappa shape index (κ1) is 14.9. The van der Waals surface area contributed by atoms with Gasteiger partial charge in [0.05, 0.1) is 17.6 Å². The number of carbonyl (C=O) groups excluding carboxylic acids is 2. The van der Waals surface area contributed by atoms with Gasteiger partial charge in [0.1, 0.15) is 23.3 Å². The molecule has 2 aliphatic heterocycles. The molecule has 0 bridgehead atoms. The minimum Gasteiger partial charge on any atom is -0.457 e. The second kappa shape index (κ2) is 5.19. The molecule has 1 saturated heterocycles. The number of nitrogens with one attached hydrogen (secondary N) is 1. The number of imide groups is 1. The zero-order valence-corrected chi connectivity index (χ0v) is 12.9. The molecule has 0 saturated carbocycles. The Morgan fingerprint density at radius 3 is 1.72 bits per heavy atom. The fourth-order valence-electron chi connectivity index (χ4n) is 3.85. The topological polar surface area (TPSA) is 103 Å². The van der Waals surface area contributed by atoms with E-state index in [1.54, 1.807) is 48.5 Å². The minimum atomic E-state index is -1.41. The molecule has 1 N–H and O–H groups in total. The third kappa shape index (κ3) is 1.76. The van der Waals surface area contributed by atoms with Crippen molar-refractivity contribution >= 4 is 11.8 Å². The van der Waals surface area contributed by atoms with E-state index in [9.17, 15) is 20.1 Å². The van der Waals surface area contributed by atoms with E-state index in [-0.39, 0.29) is 0 Å². The number of rotatable bonds is 0. The number of ether oxygens (including phenoxy) is 1. The van der Waals surface area contributed by atoms with Crippen LogP contribution >= 0.6 is 0 Å². The smallest absolute Gasteiger partial charge is 0.245 e. The first-order chi connectivity index (χ1) is 12.1. The Hall–Kier alpha value is -3.64. The average molecular weight is 329 g/mol. The number of amides is 2. The molecule has 2 amide bonds. The molecule has 2 aromatic rings. The van der Waals surface area contributed by atoms with Crippen LogP contribution < -0.4 is 10.1 Å². The van der Waals surface area contributed by atoms with Gasteiger partial charge in [0.2, 0.25) is 11.8 Å². The lowest BCUT2D eigenvalue weighted by atomic mass is 9.56. The molecule has 0 radical (unpaired) electrons. The second-order valence-corrected chi connectivity index (χ2v) is 5.94. The van der Waals surface area contributed by atoms with E-state index in [0.29, 0.717) is 22.6 Å². The van der Waals surface area contributed by atoms with Gasteiger partial charge < -0.3 is 4.74 Å². The highest BCUT2D eigenvalue weighted by atomic mass is 16.5. The molecule has 6 nitrogen and oxygen atoms in total. The van der Waals surface area contributed by atoms with Crippen molar-refractivity contribution in [3.8, 4) is 23.6 Å². The standard InChI is InChI=1S/C19H11N3O3/c20-9-13-17(23)22-18(24)14(10-21)19(13)11-5-1-3-7-15(11)25-16-8-4-2-6-12(16)19/h1-8,13-14H,(H,22,23,24). The summed E-state index contributed by atoms with van der Waals surface area (Å²) in [4.78, 5) is 25.0. The molecular formula is C19H11N3O3. The van der Waals surface area contributed by atoms with Crippen LogP contribution in [0.3, 0.4) is 0 Å². The minimum absolute atomic E-state index is 0.434. The highest BCUT2D eigenvalue weighted by Crippen LogP contribution is 2.56. The normalized spacial score (nSPS) is 22.6. The summed E-state index contributed by atoms with van der Waals surface area (Å²) in [5.41, 5.74) is -0.418. The molecule has 1 fully saturated rings. The van der Waals surface area contributed by atoms with Crippen molar-refractivity contribution in [2.24, 2.45) is 11.8 Å². The quantitative estimate of drug-likeness (QED) is 0.745. The van der Waals surface area contributed by atoms with Crippen molar-refractivity contribution in [2.45, 2.75) is 5.41 Å². The molecule has 25 heavy (non-hydrogen) atoms. The van der Waals surface area contributed by atoms with Crippen molar-refractivity contribution in [1.82, 2.24) is 5.32 Å². The molecule has 2 atom stereocenters. The lowest BCUT2D eigenvalue weighted by Gasteiger charge is -2.46. The highest BCUT2D eigenvalue weighted by Gasteiger charge is 2.61.